The van der Waals surface area contributed by atoms with Crippen molar-refractivity contribution in [3.8, 4) is 78.4 Å². The Balaban J connectivity index is 1.08. The number of pyridine rings is 1. The predicted molar refractivity (Wildman–Crippen MR) is 264 cm³/mol. The van der Waals surface area contributed by atoms with Gasteiger partial charge in [0.1, 0.15) is 0 Å². The van der Waals surface area contributed by atoms with E-state index >= 15 is 0 Å². The number of thiophene rings is 2. The van der Waals surface area contributed by atoms with Gasteiger partial charge < -0.3 is 0 Å². The van der Waals surface area contributed by atoms with Crippen molar-refractivity contribution in [3.05, 3.63) is 213 Å². The summed E-state index contributed by atoms with van der Waals surface area (Å²) in [6, 6.07) is 72.0. The summed E-state index contributed by atoms with van der Waals surface area (Å²) in [5, 5.41) is 5.13. The molecule has 0 aliphatic rings. The van der Waals surface area contributed by atoms with Gasteiger partial charge >= 0.3 is 0 Å². The zero-order chi connectivity index (χ0) is 41.0. The number of hydrogen-bond donors (Lipinski definition) is 0. The molecular formula is C57H35N3S2. The van der Waals surface area contributed by atoms with Crippen LogP contribution in [0.3, 0.4) is 0 Å². The Morgan fingerprint density at radius 1 is 0.290 bits per heavy atom. The number of aromatic nitrogens is 3. The highest BCUT2D eigenvalue weighted by Gasteiger charge is 2.18. The standard InChI is InChI=1S/C57H35N3S2/c1-2-11-36(12-3-1)37-20-22-38(23-21-37)51-34-52(60-57(59-51)48-17-5-4-14-45(48)41-13-10-28-58-35-41)44-30-42(39-24-26-55-49(32-39)46-15-6-8-18-53(46)61-55)29-43(31-44)40-25-27-56-50(33-40)47-16-7-9-19-54(47)62-56/h1-35H. The first kappa shape index (κ1) is 36.3. The Kier molecular flexibility index (Phi) is 8.87. The first-order valence-electron chi connectivity index (χ1n) is 20.7. The lowest BCUT2D eigenvalue weighted by Gasteiger charge is -2.15. The van der Waals surface area contributed by atoms with Crippen molar-refractivity contribution in [1.29, 1.82) is 0 Å². The molecule has 12 aromatic rings. The predicted octanol–water partition coefficient (Wildman–Crippen LogP) is 16.3. The molecule has 3 nitrogen and oxygen atoms in total. The minimum atomic E-state index is 0.661. The molecule has 0 saturated heterocycles. The molecule has 0 aliphatic carbocycles. The second-order valence-corrected chi connectivity index (χ2v) is 17.8. The van der Waals surface area contributed by atoms with E-state index in [-0.39, 0.29) is 0 Å². The van der Waals surface area contributed by atoms with E-state index in [1.165, 1.54) is 57.0 Å². The molecule has 62 heavy (non-hydrogen) atoms. The highest BCUT2D eigenvalue weighted by atomic mass is 32.1. The molecule has 0 aliphatic heterocycles. The zero-order valence-electron chi connectivity index (χ0n) is 33.4. The van der Waals surface area contributed by atoms with Crippen LogP contribution in [-0.2, 0) is 0 Å². The molecule has 0 atom stereocenters. The highest BCUT2D eigenvalue weighted by Crippen LogP contribution is 2.42. The molecule has 0 amide bonds. The Hall–Kier alpha value is -7.57. The van der Waals surface area contributed by atoms with Gasteiger partial charge in [0, 0.05) is 75.0 Å². The largest absolute Gasteiger partial charge is 0.264 e. The third-order valence-electron chi connectivity index (χ3n) is 11.8. The van der Waals surface area contributed by atoms with Crippen molar-refractivity contribution >= 4 is 63.0 Å². The highest BCUT2D eigenvalue weighted by molar-refractivity contribution is 7.26. The summed E-state index contributed by atoms with van der Waals surface area (Å²) >= 11 is 3.69. The Morgan fingerprint density at radius 2 is 0.774 bits per heavy atom. The van der Waals surface area contributed by atoms with Crippen LogP contribution in [0.5, 0.6) is 0 Å². The van der Waals surface area contributed by atoms with Gasteiger partial charge in [-0.3, -0.25) is 4.98 Å². The number of rotatable bonds is 7. The molecule has 0 spiro atoms. The van der Waals surface area contributed by atoms with Gasteiger partial charge in [0.25, 0.3) is 0 Å². The third-order valence-corrected chi connectivity index (χ3v) is 14.1. The van der Waals surface area contributed by atoms with Gasteiger partial charge in [-0.15, -0.1) is 22.7 Å². The number of benzene rings is 8. The quantitative estimate of drug-likeness (QED) is 0.161. The number of nitrogens with zero attached hydrogens (tertiary/aromatic N) is 3. The van der Waals surface area contributed by atoms with E-state index < -0.39 is 0 Å². The maximum Gasteiger partial charge on any atom is 0.161 e. The van der Waals surface area contributed by atoms with Crippen molar-refractivity contribution in [1.82, 2.24) is 15.0 Å². The monoisotopic (exact) mass is 825 g/mol. The molecule has 0 N–H and O–H groups in total. The van der Waals surface area contributed by atoms with Crippen LogP contribution >= 0.6 is 22.7 Å². The van der Waals surface area contributed by atoms with Gasteiger partial charge in [0.2, 0.25) is 0 Å². The molecule has 12 rings (SSSR count). The van der Waals surface area contributed by atoms with Crippen LogP contribution < -0.4 is 0 Å². The number of hydrogen-bond acceptors (Lipinski definition) is 5. The number of fused-ring (bicyclic) bond motifs is 6. The fraction of sp³-hybridized carbons (Fsp3) is 0. The van der Waals surface area contributed by atoms with E-state index in [4.69, 9.17) is 9.97 Å². The molecule has 0 bridgehead atoms. The average molecular weight is 826 g/mol. The summed E-state index contributed by atoms with van der Waals surface area (Å²) in [6.07, 6.45) is 3.71. The zero-order valence-corrected chi connectivity index (χ0v) is 35.0. The van der Waals surface area contributed by atoms with Gasteiger partial charge in [-0.1, -0.05) is 133 Å². The molecular weight excluding hydrogens is 791 g/mol. The minimum absolute atomic E-state index is 0.661. The second kappa shape index (κ2) is 15.2. The van der Waals surface area contributed by atoms with Gasteiger partial charge in [0.05, 0.1) is 11.4 Å². The molecule has 290 valence electrons. The lowest BCUT2D eigenvalue weighted by Crippen LogP contribution is -1.98. The van der Waals surface area contributed by atoms with Crippen LogP contribution in [0, 0.1) is 0 Å². The first-order valence-corrected chi connectivity index (χ1v) is 22.4. The van der Waals surface area contributed by atoms with Crippen LogP contribution in [0.15, 0.2) is 213 Å². The van der Waals surface area contributed by atoms with Crippen molar-refractivity contribution in [2.75, 3.05) is 0 Å². The summed E-state index contributed by atoms with van der Waals surface area (Å²) in [5.41, 5.74) is 13.7. The fourth-order valence-electron chi connectivity index (χ4n) is 8.70. The van der Waals surface area contributed by atoms with Crippen LogP contribution in [0.2, 0.25) is 0 Å². The van der Waals surface area contributed by atoms with Crippen molar-refractivity contribution < 1.29 is 0 Å². The second-order valence-electron chi connectivity index (χ2n) is 15.6. The molecule has 5 heteroatoms. The summed E-state index contributed by atoms with van der Waals surface area (Å²) in [6.45, 7) is 0. The van der Waals surface area contributed by atoms with Gasteiger partial charge in [-0.25, -0.2) is 9.97 Å². The molecule has 4 heterocycles. The molecule has 0 fully saturated rings. The Bertz CT molecular complexity index is 3490. The molecule has 4 aromatic heterocycles. The maximum atomic E-state index is 5.46. The minimum Gasteiger partial charge on any atom is -0.264 e. The molecule has 0 saturated carbocycles. The average Bonchev–Trinajstić information content (AvgIpc) is 3.92. The Labute approximate surface area is 366 Å². The van der Waals surface area contributed by atoms with Crippen LogP contribution in [0.4, 0.5) is 0 Å². The lowest BCUT2D eigenvalue weighted by molar-refractivity contribution is 1.18. The van der Waals surface area contributed by atoms with Gasteiger partial charge in [-0.05, 0) is 106 Å². The summed E-state index contributed by atoms with van der Waals surface area (Å²) in [7, 11) is 0. The van der Waals surface area contributed by atoms with Gasteiger partial charge in [-0.2, -0.15) is 0 Å². The summed E-state index contributed by atoms with van der Waals surface area (Å²) in [5.74, 6) is 0.661. The first-order chi connectivity index (χ1) is 30.7. The summed E-state index contributed by atoms with van der Waals surface area (Å²) < 4.78 is 5.18. The van der Waals surface area contributed by atoms with Crippen LogP contribution in [0.1, 0.15) is 0 Å². The smallest absolute Gasteiger partial charge is 0.161 e. The van der Waals surface area contributed by atoms with E-state index in [0.29, 0.717) is 5.82 Å². The van der Waals surface area contributed by atoms with E-state index in [1.54, 1.807) is 0 Å². The van der Waals surface area contributed by atoms with Crippen molar-refractivity contribution in [2.45, 2.75) is 0 Å². The van der Waals surface area contributed by atoms with Crippen LogP contribution in [-0.4, -0.2) is 15.0 Å². The van der Waals surface area contributed by atoms with Crippen molar-refractivity contribution in [2.24, 2.45) is 0 Å². The lowest BCUT2D eigenvalue weighted by atomic mass is 9.93. The Morgan fingerprint density at radius 3 is 1.40 bits per heavy atom. The topological polar surface area (TPSA) is 38.7 Å². The molecule has 0 radical (unpaired) electrons. The van der Waals surface area contributed by atoms with E-state index in [0.717, 1.165) is 55.9 Å². The fourth-order valence-corrected chi connectivity index (χ4v) is 10.9. The third kappa shape index (κ3) is 6.56. The SMILES string of the molecule is c1ccc(-c2ccc(-c3cc(-c4cc(-c5ccc6sc7ccccc7c6c5)cc(-c5ccc6sc7ccccc7c6c5)c4)nc(-c4ccccc4-c4cccnc4)n3)cc2)cc1. The molecule has 0 unspecified atom stereocenters. The van der Waals surface area contributed by atoms with E-state index in [2.05, 4.69) is 199 Å². The normalized spacial score (nSPS) is 11.5. The maximum absolute atomic E-state index is 5.46. The van der Waals surface area contributed by atoms with E-state index in [1.807, 2.05) is 41.1 Å². The van der Waals surface area contributed by atoms with Crippen LogP contribution in [0.25, 0.3) is 119 Å². The molecule has 8 aromatic carbocycles. The van der Waals surface area contributed by atoms with Gasteiger partial charge in [0.15, 0.2) is 5.82 Å². The van der Waals surface area contributed by atoms with Crippen molar-refractivity contribution in [3.63, 3.8) is 0 Å². The van der Waals surface area contributed by atoms with E-state index in [9.17, 15) is 0 Å². The summed E-state index contributed by atoms with van der Waals surface area (Å²) in [4.78, 5) is 15.3.